The Bertz CT molecular complexity index is 926. The van der Waals surface area contributed by atoms with Crippen LogP contribution in [0.15, 0.2) is 17.0 Å². The smallest absolute Gasteiger partial charge is 0.265 e. The van der Waals surface area contributed by atoms with Crippen molar-refractivity contribution in [2.24, 2.45) is 5.92 Å². The second-order valence-corrected chi connectivity index (χ2v) is 9.75. The third-order valence-electron chi connectivity index (χ3n) is 5.50. The molecule has 2 fully saturated rings. The van der Waals surface area contributed by atoms with Crippen molar-refractivity contribution in [3.63, 3.8) is 0 Å². The first-order chi connectivity index (χ1) is 13.3. The molecule has 0 spiro atoms. The van der Waals surface area contributed by atoms with Gasteiger partial charge >= 0.3 is 0 Å². The largest absolute Gasteiger partial charge is 0.479 e. The Labute approximate surface area is 164 Å². The van der Waals surface area contributed by atoms with Crippen molar-refractivity contribution >= 4 is 27.5 Å². The van der Waals surface area contributed by atoms with Crippen molar-refractivity contribution in [2.75, 3.05) is 18.4 Å². The van der Waals surface area contributed by atoms with Crippen LogP contribution in [-0.2, 0) is 19.6 Å². The molecule has 1 aliphatic carbocycles. The lowest BCUT2D eigenvalue weighted by molar-refractivity contribution is -0.126. The molecule has 0 unspecified atom stereocenters. The second kappa shape index (κ2) is 7.04. The predicted molar refractivity (Wildman–Crippen MR) is 103 cm³/mol. The summed E-state index contributed by atoms with van der Waals surface area (Å²) in [6, 6.07) is 3.36. The van der Waals surface area contributed by atoms with Crippen LogP contribution in [0.1, 0.15) is 38.2 Å². The highest BCUT2D eigenvalue weighted by atomic mass is 32.2. The minimum Gasteiger partial charge on any atom is -0.479 e. The number of amides is 2. The quantitative estimate of drug-likeness (QED) is 0.785. The molecule has 1 saturated carbocycles. The number of carbonyl (C=O) groups is 2. The first-order valence-corrected chi connectivity index (χ1v) is 11.1. The fourth-order valence-corrected chi connectivity index (χ4v) is 5.43. The minimum absolute atomic E-state index is 0.0515. The molecular formula is C19H25N3O5S. The molecule has 0 radical (unpaired) electrons. The standard InChI is InChI=1S/C19H25N3O5S/c1-11-8-15-16(27-12(2)18(23)21-15)9-17(11)28(25,26)22-7-3-4-13(10-22)19(24)20-14-5-6-14/h8-9,12-14H,3-7,10H2,1-2H3,(H,20,24)(H,21,23)/t12-,13-/m0/s1. The first-order valence-electron chi connectivity index (χ1n) is 9.68. The molecule has 0 aromatic heterocycles. The van der Waals surface area contributed by atoms with Crippen molar-refractivity contribution in [1.82, 2.24) is 9.62 Å². The van der Waals surface area contributed by atoms with E-state index in [1.54, 1.807) is 19.9 Å². The average molecular weight is 407 g/mol. The van der Waals surface area contributed by atoms with Gasteiger partial charge in [0.1, 0.15) is 5.75 Å². The fraction of sp³-hybridized carbons (Fsp3) is 0.579. The molecule has 2 amide bonds. The van der Waals surface area contributed by atoms with Crippen LogP contribution in [0.5, 0.6) is 5.75 Å². The first kappa shape index (κ1) is 19.2. The minimum atomic E-state index is -3.78. The molecule has 2 aliphatic heterocycles. The van der Waals surface area contributed by atoms with Gasteiger partial charge in [-0.15, -0.1) is 0 Å². The fourth-order valence-electron chi connectivity index (χ4n) is 3.68. The van der Waals surface area contributed by atoms with E-state index in [2.05, 4.69) is 10.6 Å². The molecule has 1 aromatic rings. The van der Waals surface area contributed by atoms with E-state index < -0.39 is 16.1 Å². The number of hydrogen-bond acceptors (Lipinski definition) is 5. The maximum absolute atomic E-state index is 13.3. The Morgan fingerprint density at radius 1 is 1.29 bits per heavy atom. The topological polar surface area (TPSA) is 105 Å². The molecule has 2 N–H and O–H groups in total. The van der Waals surface area contributed by atoms with Gasteiger partial charge in [0.2, 0.25) is 15.9 Å². The van der Waals surface area contributed by atoms with Crippen LogP contribution < -0.4 is 15.4 Å². The monoisotopic (exact) mass is 407 g/mol. The molecule has 8 nitrogen and oxygen atoms in total. The lowest BCUT2D eigenvalue weighted by atomic mass is 9.99. The Kier molecular flexibility index (Phi) is 4.83. The summed E-state index contributed by atoms with van der Waals surface area (Å²) in [4.78, 5) is 24.3. The Balaban J connectivity index is 1.58. The summed E-state index contributed by atoms with van der Waals surface area (Å²) < 4.78 is 33.6. The number of ether oxygens (including phenoxy) is 1. The molecule has 2 heterocycles. The van der Waals surface area contributed by atoms with Gasteiger partial charge in [0.25, 0.3) is 5.91 Å². The van der Waals surface area contributed by atoms with E-state index in [0.29, 0.717) is 36.4 Å². The van der Waals surface area contributed by atoms with Crippen molar-refractivity contribution in [3.8, 4) is 5.75 Å². The molecule has 3 aliphatic rings. The molecule has 1 aromatic carbocycles. The zero-order valence-electron chi connectivity index (χ0n) is 16.0. The van der Waals surface area contributed by atoms with Crippen molar-refractivity contribution < 1.29 is 22.7 Å². The zero-order valence-corrected chi connectivity index (χ0v) is 16.8. The average Bonchev–Trinajstić information content (AvgIpc) is 3.46. The van der Waals surface area contributed by atoms with Crippen LogP contribution in [0.25, 0.3) is 0 Å². The van der Waals surface area contributed by atoms with Crippen molar-refractivity contribution in [2.45, 2.75) is 56.6 Å². The van der Waals surface area contributed by atoms with Crippen molar-refractivity contribution in [1.29, 1.82) is 0 Å². The Morgan fingerprint density at radius 2 is 2.04 bits per heavy atom. The number of nitrogens with one attached hydrogen (secondary N) is 2. The van der Waals surface area contributed by atoms with Crippen LogP contribution in [0, 0.1) is 12.8 Å². The van der Waals surface area contributed by atoms with Crippen LogP contribution >= 0.6 is 0 Å². The third kappa shape index (κ3) is 3.60. The maximum atomic E-state index is 13.3. The maximum Gasteiger partial charge on any atom is 0.265 e. The van der Waals surface area contributed by atoms with Crippen LogP contribution in [0.2, 0.25) is 0 Å². The highest BCUT2D eigenvalue weighted by Crippen LogP contribution is 2.36. The molecule has 1 saturated heterocycles. The van der Waals surface area contributed by atoms with Crippen LogP contribution in [-0.4, -0.2) is 49.8 Å². The number of fused-ring (bicyclic) bond motifs is 1. The van der Waals surface area contributed by atoms with E-state index in [0.717, 1.165) is 12.8 Å². The van der Waals surface area contributed by atoms with Gasteiger partial charge in [0.05, 0.1) is 16.5 Å². The molecule has 0 bridgehead atoms. The van der Waals surface area contributed by atoms with E-state index in [4.69, 9.17) is 4.74 Å². The number of hydrogen-bond donors (Lipinski definition) is 2. The third-order valence-corrected chi connectivity index (χ3v) is 7.51. The number of rotatable bonds is 4. The lowest BCUT2D eigenvalue weighted by Gasteiger charge is -2.32. The van der Waals surface area contributed by atoms with E-state index >= 15 is 0 Å². The summed E-state index contributed by atoms with van der Waals surface area (Å²) in [7, 11) is -3.78. The van der Waals surface area contributed by atoms with Gasteiger partial charge < -0.3 is 15.4 Å². The van der Waals surface area contributed by atoms with Crippen LogP contribution in [0.4, 0.5) is 5.69 Å². The number of nitrogens with zero attached hydrogens (tertiary/aromatic N) is 1. The van der Waals surface area contributed by atoms with Gasteiger partial charge in [0, 0.05) is 25.2 Å². The number of piperidine rings is 1. The summed E-state index contributed by atoms with van der Waals surface area (Å²) in [6.07, 6.45) is 2.67. The second-order valence-electron chi connectivity index (χ2n) is 7.85. The molecule has 28 heavy (non-hydrogen) atoms. The summed E-state index contributed by atoms with van der Waals surface area (Å²) in [5.74, 6) is -0.290. The van der Waals surface area contributed by atoms with Gasteiger partial charge in [-0.2, -0.15) is 4.31 Å². The number of benzene rings is 1. The van der Waals surface area contributed by atoms with Gasteiger partial charge in [-0.05, 0) is 51.2 Å². The summed E-state index contributed by atoms with van der Waals surface area (Å²) in [6.45, 7) is 3.88. The van der Waals surface area contributed by atoms with E-state index in [1.165, 1.54) is 10.4 Å². The number of carbonyl (C=O) groups excluding carboxylic acids is 2. The van der Waals surface area contributed by atoms with Gasteiger partial charge in [-0.25, -0.2) is 8.42 Å². The van der Waals surface area contributed by atoms with Gasteiger partial charge in [-0.3, -0.25) is 9.59 Å². The SMILES string of the molecule is Cc1cc2c(cc1S(=O)(=O)N1CCC[C@H](C(=O)NC3CC3)C1)O[C@@H](C)C(=O)N2. The molecular weight excluding hydrogens is 382 g/mol. The normalized spacial score (nSPS) is 25.4. The van der Waals surface area contributed by atoms with E-state index in [1.807, 2.05) is 0 Å². The summed E-state index contributed by atoms with van der Waals surface area (Å²) >= 11 is 0. The van der Waals surface area contributed by atoms with E-state index in [-0.39, 0.29) is 35.2 Å². The van der Waals surface area contributed by atoms with Gasteiger partial charge in [0.15, 0.2) is 6.10 Å². The summed E-state index contributed by atoms with van der Waals surface area (Å²) in [5.41, 5.74) is 1.00. The van der Waals surface area contributed by atoms with Gasteiger partial charge in [-0.1, -0.05) is 0 Å². The molecule has 4 rings (SSSR count). The number of sulfonamides is 1. The number of anilines is 1. The lowest BCUT2D eigenvalue weighted by Crippen LogP contribution is -2.46. The number of aryl methyl sites for hydroxylation is 1. The molecule has 9 heteroatoms. The highest BCUT2D eigenvalue weighted by molar-refractivity contribution is 7.89. The molecule has 2 atom stereocenters. The highest BCUT2D eigenvalue weighted by Gasteiger charge is 2.36. The van der Waals surface area contributed by atoms with Crippen LogP contribution in [0.3, 0.4) is 0 Å². The molecule has 152 valence electrons. The summed E-state index contributed by atoms with van der Waals surface area (Å²) in [5, 5.41) is 5.71. The Morgan fingerprint density at radius 3 is 2.75 bits per heavy atom. The van der Waals surface area contributed by atoms with Crippen molar-refractivity contribution in [3.05, 3.63) is 17.7 Å². The Hall–Kier alpha value is -2.13. The predicted octanol–water partition coefficient (Wildman–Crippen LogP) is 1.39. The zero-order chi connectivity index (χ0) is 20.1. The van der Waals surface area contributed by atoms with E-state index in [9.17, 15) is 18.0 Å².